The summed E-state index contributed by atoms with van der Waals surface area (Å²) in [5.41, 5.74) is 0. The molecule has 0 aromatic heterocycles. The quantitative estimate of drug-likeness (QED) is 0.203. The van der Waals surface area contributed by atoms with Gasteiger partial charge in [-0.2, -0.15) is 0 Å². The number of hydrogen-bond donors (Lipinski definition) is 0. The van der Waals surface area contributed by atoms with Crippen LogP contribution in [0.3, 0.4) is 0 Å². The number of carbonyl (C=O) groups is 1. The first-order chi connectivity index (χ1) is 4.33. The van der Waals surface area contributed by atoms with Crippen LogP contribution >= 0.6 is 7.82 Å². The molecule has 0 spiro atoms. The van der Waals surface area contributed by atoms with E-state index in [1.807, 2.05) is 0 Å². The first-order valence-corrected chi connectivity index (χ1v) is 3.41. The van der Waals surface area contributed by atoms with Crippen LogP contribution in [0.15, 0.2) is 12.3 Å². The number of phosphoric acid groups is 1. The van der Waals surface area contributed by atoms with E-state index in [2.05, 4.69) is 11.1 Å². The summed E-state index contributed by atoms with van der Waals surface area (Å²) in [4.78, 5) is 28.9. The van der Waals surface area contributed by atoms with E-state index in [0.717, 1.165) is 0 Å². The minimum Gasteiger partial charge on any atom is -0.780 e. The molecule has 0 aromatic carbocycles. The number of aliphatic carboxylic acids is 1. The second kappa shape index (κ2) is 37.3. The number of carbonyl (C=O) groups excluding carboxylic acids is 1. The summed E-state index contributed by atoms with van der Waals surface area (Å²) in [6.07, 6.45) is 0. The van der Waals surface area contributed by atoms with Crippen molar-refractivity contribution in [1.29, 1.82) is 0 Å². The van der Waals surface area contributed by atoms with Gasteiger partial charge in [-0.3, -0.25) is 0 Å². The molecule has 0 amide bonds. The molecule has 0 radical (unpaired) electrons. The third-order valence-electron chi connectivity index (χ3n) is 0.450. The van der Waals surface area contributed by atoms with Crippen molar-refractivity contribution in [3.63, 3.8) is 0 Å². The smallest absolute Gasteiger partial charge is 0.780 e. The zero-order valence-corrected chi connectivity index (χ0v) is 18.0. The second-order valence-electron chi connectivity index (χ2n) is 1.25. The van der Waals surface area contributed by atoms with Crippen LogP contribution in [0.4, 0.5) is 0 Å². The SMILES string of the molecule is C=C(OP(=O)([O-])[O-])C(=O)[O-].O.O.O.O.O.O.O.[Na+].[Na+].[Na+]. The van der Waals surface area contributed by atoms with Crippen molar-refractivity contribution in [2.45, 2.75) is 0 Å². The van der Waals surface area contributed by atoms with Gasteiger partial charge in [0.25, 0.3) is 0 Å². The average molecular weight is 360 g/mol. The number of hydrogen-bond acceptors (Lipinski definition) is 6. The normalized spacial score (nSPS) is 5.30. The molecule has 114 valence electrons. The van der Waals surface area contributed by atoms with Gasteiger partial charge in [-0.1, -0.05) is 6.58 Å². The molecule has 0 saturated carbocycles. The third-order valence-corrected chi connectivity index (χ3v) is 0.894. The van der Waals surface area contributed by atoms with Crippen molar-refractivity contribution in [3.05, 3.63) is 12.3 Å². The van der Waals surface area contributed by atoms with E-state index in [0.29, 0.717) is 0 Å². The Morgan fingerprint density at radius 3 is 1.10 bits per heavy atom. The fourth-order valence-corrected chi connectivity index (χ4v) is 0.517. The molecule has 0 fully saturated rings. The second-order valence-corrected chi connectivity index (χ2v) is 2.33. The van der Waals surface area contributed by atoms with Crippen LogP contribution in [0.25, 0.3) is 0 Å². The third kappa shape index (κ3) is 59.9. The van der Waals surface area contributed by atoms with Crippen molar-refractivity contribution >= 4 is 13.8 Å². The van der Waals surface area contributed by atoms with E-state index >= 15 is 0 Å². The van der Waals surface area contributed by atoms with E-state index in [-0.39, 0.29) is 127 Å². The average Bonchev–Trinajstić information content (AvgIpc) is 1.60. The summed E-state index contributed by atoms with van der Waals surface area (Å²) in [6, 6.07) is 0. The van der Waals surface area contributed by atoms with Gasteiger partial charge in [0.05, 0.1) is 0 Å². The molecule has 17 heteroatoms. The minimum atomic E-state index is -5.30. The van der Waals surface area contributed by atoms with Crippen molar-refractivity contribution in [3.8, 4) is 0 Å². The Bertz CT molecular complexity index is 217. The molecule has 0 rings (SSSR count). The molecule has 0 heterocycles. The molecule has 0 aliphatic carbocycles. The summed E-state index contributed by atoms with van der Waals surface area (Å²) in [7, 11) is -5.30. The van der Waals surface area contributed by atoms with Gasteiger partial charge in [0, 0.05) is 0 Å². The first kappa shape index (κ1) is 80.6. The molecule has 0 saturated heterocycles. The Hall–Kier alpha value is 1.88. The van der Waals surface area contributed by atoms with E-state index < -0.39 is 19.6 Å². The van der Waals surface area contributed by atoms with Crippen molar-refractivity contribution in [2.24, 2.45) is 0 Å². The Morgan fingerprint density at radius 1 is 0.850 bits per heavy atom. The maximum atomic E-state index is 9.64. The fourth-order valence-electron chi connectivity index (χ4n) is 0.172. The number of carboxylic acids is 1. The Labute approximate surface area is 180 Å². The van der Waals surface area contributed by atoms with E-state index in [4.69, 9.17) is 0 Å². The largest absolute Gasteiger partial charge is 1.00 e. The zero-order valence-electron chi connectivity index (χ0n) is 11.1. The van der Waals surface area contributed by atoms with Crippen molar-refractivity contribution < 1.29 is 156 Å². The molecule has 0 bridgehead atoms. The van der Waals surface area contributed by atoms with Gasteiger partial charge in [0.2, 0.25) is 0 Å². The van der Waals surface area contributed by atoms with Crippen LogP contribution in [-0.2, 0) is 13.9 Å². The summed E-state index contributed by atoms with van der Waals surface area (Å²) in [5, 5.41) is 9.64. The van der Waals surface area contributed by atoms with Crippen LogP contribution in [-0.4, -0.2) is 44.3 Å². The molecule has 20 heavy (non-hydrogen) atoms. The van der Waals surface area contributed by atoms with E-state index in [1.54, 1.807) is 0 Å². The van der Waals surface area contributed by atoms with Crippen LogP contribution < -0.4 is 104 Å². The summed E-state index contributed by atoms with van der Waals surface area (Å²) in [5.74, 6) is -3.15. The predicted molar refractivity (Wildman–Crippen MR) is 48.1 cm³/mol. The van der Waals surface area contributed by atoms with Gasteiger partial charge in [-0.15, -0.1) is 0 Å². The maximum Gasteiger partial charge on any atom is 1.00 e. The van der Waals surface area contributed by atoms with E-state index in [1.165, 1.54) is 0 Å². The standard InChI is InChI=1S/C3H5O6P.3Na.7H2O/c1-2(3(4)5)9-10(6,7)8;;;;;;;;;;/h1H2,(H,4,5)(H2,6,7,8);;;;7*1H2/q;3*+1;;;;;;;/p-3. The monoisotopic (exact) mass is 360 g/mol. The van der Waals surface area contributed by atoms with Gasteiger partial charge in [0.1, 0.15) is 19.6 Å². The van der Waals surface area contributed by atoms with Crippen LogP contribution in [0.2, 0.25) is 0 Å². The maximum absolute atomic E-state index is 9.64. The van der Waals surface area contributed by atoms with Crippen LogP contribution in [0.5, 0.6) is 0 Å². The number of phosphoric ester groups is 1. The Morgan fingerprint density at radius 2 is 1.05 bits per heavy atom. The zero-order chi connectivity index (χ0) is 8.36. The molecule has 0 atom stereocenters. The van der Waals surface area contributed by atoms with Crippen molar-refractivity contribution in [2.75, 3.05) is 0 Å². The molecular formula is C3H16Na3O13P. The van der Waals surface area contributed by atoms with Gasteiger partial charge < -0.3 is 67.1 Å². The molecule has 0 unspecified atom stereocenters. The summed E-state index contributed by atoms with van der Waals surface area (Å²) in [6.45, 7) is 2.58. The van der Waals surface area contributed by atoms with Gasteiger partial charge in [0.15, 0.2) is 0 Å². The Kier molecular flexibility index (Phi) is 150. The molecule has 14 N–H and O–H groups in total. The predicted octanol–water partition coefficient (Wildman–Crippen LogP) is -17.7. The van der Waals surface area contributed by atoms with Crippen LogP contribution in [0, 0.1) is 0 Å². The minimum absolute atomic E-state index is 0. The van der Waals surface area contributed by atoms with Gasteiger partial charge >= 0.3 is 88.7 Å². The number of carboxylic acid groups (broad SMARTS) is 1. The molecule has 0 aliphatic heterocycles. The molecule has 0 aromatic rings. The van der Waals surface area contributed by atoms with E-state index in [9.17, 15) is 24.3 Å². The number of rotatable bonds is 3. The topological polar surface area (TPSA) is 333 Å². The summed E-state index contributed by atoms with van der Waals surface area (Å²) >= 11 is 0. The molecule has 0 aliphatic rings. The van der Waals surface area contributed by atoms with Gasteiger partial charge in [-0.25, -0.2) is 0 Å². The van der Waals surface area contributed by atoms with Gasteiger partial charge in [-0.05, 0) is 0 Å². The molecule has 13 nitrogen and oxygen atoms in total. The van der Waals surface area contributed by atoms with Crippen molar-refractivity contribution in [1.82, 2.24) is 0 Å². The summed E-state index contributed by atoms with van der Waals surface area (Å²) < 4.78 is 12.9. The Balaban J connectivity index is -0.00000000900. The fraction of sp³-hybridized carbons (Fsp3) is 0. The first-order valence-electron chi connectivity index (χ1n) is 1.95. The van der Waals surface area contributed by atoms with Crippen LogP contribution in [0.1, 0.15) is 0 Å². The molecular weight excluding hydrogens is 344 g/mol.